The predicted molar refractivity (Wildman–Crippen MR) is 87.8 cm³/mol. The minimum atomic E-state index is 0.385. The Labute approximate surface area is 126 Å². The summed E-state index contributed by atoms with van der Waals surface area (Å²) in [5, 5.41) is 12.5. The number of nitrogens with one attached hydrogen (secondary N) is 1. The molecule has 1 unspecified atom stereocenters. The number of benzene rings is 2. The molecule has 0 radical (unpaired) electrons. The molecule has 3 heteroatoms. The van der Waals surface area contributed by atoms with E-state index < -0.39 is 0 Å². The first kappa shape index (κ1) is 15.1. The molecule has 3 nitrogen and oxygen atoms in total. The lowest BCUT2D eigenvalue weighted by atomic mass is 10.0. The van der Waals surface area contributed by atoms with Gasteiger partial charge in [-0.15, -0.1) is 0 Å². The van der Waals surface area contributed by atoms with E-state index in [1.165, 1.54) is 5.56 Å². The summed E-state index contributed by atoms with van der Waals surface area (Å²) < 4.78 is 0. The van der Waals surface area contributed by atoms with Gasteiger partial charge < -0.3 is 10.2 Å². The van der Waals surface area contributed by atoms with Crippen molar-refractivity contribution >= 4 is 11.4 Å². The first-order valence-electron chi connectivity index (χ1n) is 7.21. The van der Waals surface area contributed by atoms with Crippen LogP contribution in [-0.4, -0.2) is 14.1 Å². The van der Waals surface area contributed by atoms with Crippen LogP contribution in [0.4, 0.5) is 11.4 Å². The van der Waals surface area contributed by atoms with Gasteiger partial charge in [0.2, 0.25) is 0 Å². The van der Waals surface area contributed by atoms with E-state index in [1.807, 2.05) is 43.3 Å². The molecule has 1 N–H and O–H groups in total. The second-order valence-corrected chi connectivity index (χ2v) is 5.03. The minimum Gasteiger partial charge on any atom is -0.344 e. The van der Waals surface area contributed by atoms with Crippen LogP contribution in [0.5, 0.6) is 0 Å². The van der Waals surface area contributed by atoms with Gasteiger partial charge in [0, 0.05) is 18.8 Å². The average Bonchev–Trinajstić information content (AvgIpc) is 2.56. The zero-order valence-electron chi connectivity index (χ0n) is 12.8. The zero-order chi connectivity index (χ0) is 15.2. The molecule has 0 heterocycles. The number of nitrogens with zero attached hydrogens (tertiary/aromatic N) is 2. The Balaban J connectivity index is 2.28. The monoisotopic (exact) mass is 279 g/mol. The smallest absolute Gasteiger partial charge is 0.101 e. The fraction of sp³-hybridized carbons (Fsp3) is 0.278. The van der Waals surface area contributed by atoms with E-state index >= 15 is 0 Å². The van der Waals surface area contributed by atoms with Crippen molar-refractivity contribution in [2.45, 2.75) is 19.4 Å². The Morgan fingerprint density at radius 2 is 1.81 bits per heavy atom. The second kappa shape index (κ2) is 6.92. The van der Waals surface area contributed by atoms with Gasteiger partial charge in [-0.3, -0.25) is 0 Å². The zero-order valence-corrected chi connectivity index (χ0v) is 12.8. The Morgan fingerprint density at radius 3 is 2.38 bits per heavy atom. The Hall–Kier alpha value is -2.31. The van der Waals surface area contributed by atoms with Gasteiger partial charge in [0.25, 0.3) is 0 Å². The molecule has 0 aliphatic rings. The maximum Gasteiger partial charge on any atom is 0.101 e. The van der Waals surface area contributed by atoms with E-state index in [2.05, 4.69) is 42.6 Å². The number of nitriles is 1. The first-order valence-corrected chi connectivity index (χ1v) is 7.21. The largest absolute Gasteiger partial charge is 0.344 e. The molecule has 21 heavy (non-hydrogen) atoms. The fourth-order valence-electron chi connectivity index (χ4n) is 2.54. The van der Waals surface area contributed by atoms with Gasteiger partial charge in [-0.25, -0.2) is 0 Å². The lowest BCUT2D eigenvalue weighted by Gasteiger charge is -2.22. The third kappa shape index (κ3) is 3.24. The molecule has 0 fully saturated rings. The predicted octanol–water partition coefficient (Wildman–Crippen LogP) is 4.00. The van der Waals surface area contributed by atoms with Crippen LogP contribution < -0.4 is 10.2 Å². The lowest BCUT2D eigenvalue weighted by molar-refractivity contribution is 0.577. The summed E-state index contributed by atoms with van der Waals surface area (Å²) in [5.74, 6) is 0. The van der Waals surface area contributed by atoms with E-state index in [9.17, 15) is 5.26 Å². The summed E-state index contributed by atoms with van der Waals surface area (Å²) in [6, 6.07) is 18.8. The van der Waals surface area contributed by atoms with Gasteiger partial charge in [0.1, 0.15) is 6.07 Å². The van der Waals surface area contributed by atoms with Crippen LogP contribution in [0, 0.1) is 11.3 Å². The molecule has 0 saturated carbocycles. The van der Waals surface area contributed by atoms with Gasteiger partial charge >= 0.3 is 0 Å². The van der Waals surface area contributed by atoms with Crippen LogP contribution in [0.15, 0.2) is 48.5 Å². The second-order valence-electron chi connectivity index (χ2n) is 5.03. The van der Waals surface area contributed by atoms with Crippen LogP contribution in [0.25, 0.3) is 0 Å². The Morgan fingerprint density at radius 1 is 1.14 bits per heavy atom. The quantitative estimate of drug-likeness (QED) is 0.899. The normalized spacial score (nSPS) is 11.7. The number of anilines is 2. The van der Waals surface area contributed by atoms with Crippen molar-refractivity contribution in [1.82, 2.24) is 5.32 Å². The highest BCUT2D eigenvalue weighted by atomic mass is 15.1. The molecular weight excluding hydrogens is 258 g/mol. The van der Waals surface area contributed by atoms with E-state index in [0.717, 1.165) is 17.8 Å². The van der Waals surface area contributed by atoms with Crippen molar-refractivity contribution in [3.8, 4) is 6.07 Å². The van der Waals surface area contributed by atoms with Gasteiger partial charge in [0.05, 0.1) is 11.3 Å². The van der Waals surface area contributed by atoms with Crippen LogP contribution in [0.3, 0.4) is 0 Å². The number of hydrogen-bond donors (Lipinski definition) is 1. The van der Waals surface area contributed by atoms with Crippen LogP contribution in [-0.2, 0) is 0 Å². The van der Waals surface area contributed by atoms with E-state index in [4.69, 9.17) is 0 Å². The van der Waals surface area contributed by atoms with E-state index in [1.54, 1.807) is 0 Å². The van der Waals surface area contributed by atoms with Crippen LogP contribution >= 0.6 is 0 Å². The van der Waals surface area contributed by atoms with Crippen molar-refractivity contribution in [2.24, 2.45) is 0 Å². The highest BCUT2D eigenvalue weighted by molar-refractivity contribution is 5.68. The van der Waals surface area contributed by atoms with Gasteiger partial charge in [0.15, 0.2) is 0 Å². The van der Waals surface area contributed by atoms with Crippen molar-refractivity contribution in [3.05, 3.63) is 59.7 Å². The average molecular weight is 279 g/mol. The topological polar surface area (TPSA) is 39.1 Å². The molecule has 0 aliphatic heterocycles. The summed E-state index contributed by atoms with van der Waals surface area (Å²) >= 11 is 0. The Kier molecular flexibility index (Phi) is 4.97. The summed E-state index contributed by atoms with van der Waals surface area (Å²) in [5.41, 5.74) is 3.97. The highest BCUT2D eigenvalue weighted by Crippen LogP contribution is 2.28. The van der Waals surface area contributed by atoms with Crippen molar-refractivity contribution in [3.63, 3.8) is 0 Å². The van der Waals surface area contributed by atoms with E-state index in [-0.39, 0.29) is 0 Å². The summed E-state index contributed by atoms with van der Waals surface area (Å²) in [6.45, 7) is 2.17. The molecule has 0 bridgehead atoms. The Bertz CT molecular complexity index is 622. The van der Waals surface area contributed by atoms with Gasteiger partial charge in [-0.2, -0.15) is 5.26 Å². The molecule has 2 aromatic carbocycles. The standard InChI is InChI=1S/C18H21N3/c1-4-17(20-2)14-9-11-16(12-10-14)21(3)18-8-6-5-7-15(18)13-19/h5-12,17,20H,4H2,1-3H3. The summed E-state index contributed by atoms with van der Waals surface area (Å²) in [6.07, 6.45) is 1.06. The van der Waals surface area contributed by atoms with E-state index in [0.29, 0.717) is 11.6 Å². The molecule has 108 valence electrons. The maximum atomic E-state index is 9.21. The lowest BCUT2D eigenvalue weighted by Crippen LogP contribution is -2.15. The molecule has 0 aliphatic carbocycles. The number of rotatable bonds is 5. The van der Waals surface area contributed by atoms with Crippen molar-refractivity contribution in [1.29, 1.82) is 5.26 Å². The summed E-state index contributed by atoms with van der Waals surface area (Å²) in [4.78, 5) is 2.04. The highest BCUT2D eigenvalue weighted by Gasteiger charge is 2.10. The molecule has 0 saturated heterocycles. The third-order valence-corrected chi connectivity index (χ3v) is 3.83. The molecule has 1 atom stereocenters. The van der Waals surface area contributed by atoms with Gasteiger partial charge in [-0.05, 0) is 43.3 Å². The number of hydrogen-bond acceptors (Lipinski definition) is 3. The third-order valence-electron chi connectivity index (χ3n) is 3.83. The maximum absolute atomic E-state index is 9.21. The van der Waals surface area contributed by atoms with Crippen LogP contribution in [0.1, 0.15) is 30.5 Å². The minimum absolute atomic E-state index is 0.385. The SMILES string of the molecule is CCC(NC)c1ccc(N(C)c2ccccc2C#N)cc1. The molecule has 2 rings (SSSR count). The van der Waals surface area contributed by atoms with Crippen LogP contribution in [0.2, 0.25) is 0 Å². The molecular formula is C18H21N3. The fourth-order valence-corrected chi connectivity index (χ4v) is 2.54. The van der Waals surface area contributed by atoms with Gasteiger partial charge in [-0.1, -0.05) is 31.2 Å². The molecule has 0 amide bonds. The van der Waals surface area contributed by atoms with Crippen molar-refractivity contribution in [2.75, 3.05) is 19.0 Å². The molecule has 2 aromatic rings. The number of para-hydroxylation sites is 1. The summed E-state index contributed by atoms with van der Waals surface area (Å²) in [7, 11) is 3.97. The molecule has 0 aromatic heterocycles. The van der Waals surface area contributed by atoms with Crippen molar-refractivity contribution < 1.29 is 0 Å². The first-order chi connectivity index (χ1) is 10.2. The molecule has 0 spiro atoms.